The zero-order valence-corrected chi connectivity index (χ0v) is 15.2. The van der Waals surface area contributed by atoms with E-state index in [1.54, 1.807) is 6.26 Å². The van der Waals surface area contributed by atoms with Gasteiger partial charge in [-0.3, -0.25) is 4.90 Å². The normalized spacial score (nSPS) is 16.2. The molecule has 0 radical (unpaired) electrons. The summed E-state index contributed by atoms with van der Waals surface area (Å²) in [5.74, 6) is 0.948. The van der Waals surface area contributed by atoms with Crippen LogP contribution in [-0.4, -0.2) is 53.6 Å². The second-order valence-electron chi connectivity index (χ2n) is 6.02. The minimum Gasteiger partial charge on any atom is -0.364 e. The second-order valence-corrected chi connectivity index (χ2v) is 6.42. The summed E-state index contributed by atoms with van der Waals surface area (Å²) in [6.07, 6.45) is 1.62. The van der Waals surface area contributed by atoms with E-state index >= 15 is 0 Å². The Kier molecular flexibility index (Phi) is 6.30. The van der Waals surface area contributed by atoms with Gasteiger partial charge in [-0.05, 0) is 18.6 Å². The Labute approximate surface area is 153 Å². The van der Waals surface area contributed by atoms with Crippen molar-refractivity contribution in [1.29, 1.82) is 0 Å². The Bertz CT molecular complexity index is 681. The van der Waals surface area contributed by atoms with Gasteiger partial charge in [0.05, 0.1) is 12.2 Å². The maximum Gasteiger partial charge on any atom is 0.194 e. The minimum atomic E-state index is 0.584. The van der Waals surface area contributed by atoms with E-state index in [4.69, 9.17) is 21.1 Å². The van der Waals surface area contributed by atoms with Crippen LogP contribution in [0.1, 0.15) is 18.2 Å². The summed E-state index contributed by atoms with van der Waals surface area (Å²) in [5, 5.41) is 8.14. The lowest BCUT2D eigenvalue weighted by Crippen LogP contribution is -2.52. The van der Waals surface area contributed by atoms with Gasteiger partial charge in [-0.2, -0.15) is 0 Å². The first kappa shape index (κ1) is 17.8. The van der Waals surface area contributed by atoms with Gasteiger partial charge in [0.15, 0.2) is 5.96 Å². The lowest BCUT2D eigenvalue weighted by atomic mass is 10.2. The number of hydrogen-bond acceptors (Lipinski definition) is 4. The molecule has 2 heterocycles. The number of nitrogens with zero attached hydrogens (tertiary/aromatic N) is 4. The van der Waals surface area contributed by atoms with Crippen molar-refractivity contribution in [2.45, 2.75) is 20.0 Å². The summed E-state index contributed by atoms with van der Waals surface area (Å²) < 4.78 is 4.90. The third-order valence-corrected chi connectivity index (χ3v) is 4.61. The average molecular weight is 362 g/mol. The minimum absolute atomic E-state index is 0.584. The predicted octanol–water partition coefficient (Wildman–Crippen LogP) is 2.61. The van der Waals surface area contributed by atoms with Crippen molar-refractivity contribution < 1.29 is 4.52 Å². The third-order valence-electron chi connectivity index (χ3n) is 4.24. The molecule has 7 heteroatoms. The molecule has 1 fully saturated rings. The zero-order chi connectivity index (χ0) is 17.5. The molecule has 1 aliphatic heterocycles. The van der Waals surface area contributed by atoms with E-state index in [2.05, 4.69) is 27.2 Å². The molecule has 1 saturated heterocycles. The number of aliphatic imine (C=N–C) groups is 1. The van der Waals surface area contributed by atoms with Gasteiger partial charge in [0.2, 0.25) is 0 Å². The van der Waals surface area contributed by atoms with E-state index in [1.807, 2.05) is 30.3 Å². The fourth-order valence-corrected chi connectivity index (χ4v) is 3.07. The van der Waals surface area contributed by atoms with Gasteiger partial charge in [0.1, 0.15) is 6.26 Å². The number of nitrogens with one attached hydrogen (secondary N) is 1. The number of guanidine groups is 1. The maximum atomic E-state index is 6.23. The summed E-state index contributed by atoms with van der Waals surface area (Å²) in [5.41, 5.74) is 2.02. The Hall–Kier alpha value is -2.05. The lowest BCUT2D eigenvalue weighted by molar-refractivity contribution is 0.169. The van der Waals surface area contributed by atoms with Gasteiger partial charge < -0.3 is 14.7 Å². The van der Waals surface area contributed by atoms with E-state index in [0.717, 1.165) is 61.5 Å². The molecule has 25 heavy (non-hydrogen) atoms. The van der Waals surface area contributed by atoms with E-state index in [9.17, 15) is 0 Å². The van der Waals surface area contributed by atoms with Crippen LogP contribution in [0.5, 0.6) is 0 Å². The van der Waals surface area contributed by atoms with Crippen LogP contribution in [0.2, 0.25) is 5.02 Å². The first-order valence-corrected chi connectivity index (χ1v) is 9.02. The highest BCUT2D eigenvalue weighted by atomic mass is 35.5. The molecule has 1 aliphatic rings. The Balaban J connectivity index is 1.58. The fraction of sp³-hybridized carbons (Fsp3) is 0.444. The highest BCUT2D eigenvalue weighted by Gasteiger charge is 2.20. The molecule has 1 aromatic carbocycles. The van der Waals surface area contributed by atoms with Crippen molar-refractivity contribution in [1.82, 2.24) is 20.3 Å². The van der Waals surface area contributed by atoms with Crippen molar-refractivity contribution >= 4 is 17.6 Å². The Morgan fingerprint density at radius 2 is 2.04 bits per heavy atom. The molecule has 0 amide bonds. The smallest absolute Gasteiger partial charge is 0.194 e. The Morgan fingerprint density at radius 3 is 2.72 bits per heavy atom. The van der Waals surface area contributed by atoms with E-state index in [-0.39, 0.29) is 0 Å². The lowest BCUT2D eigenvalue weighted by Gasteiger charge is -2.36. The zero-order valence-electron chi connectivity index (χ0n) is 14.5. The summed E-state index contributed by atoms with van der Waals surface area (Å²) in [4.78, 5) is 9.46. The van der Waals surface area contributed by atoms with Crippen molar-refractivity contribution in [2.75, 3.05) is 32.7 Å². The summed E-state index contributed by atoms with van der Waals surface area (Å²) in [6, 6.07) is 9.77. The van der Waals surface area contributed by atoms with Crippen LogP contribution in [-0.2, 0) is 13.1 Å². The summed E-state index contributed by atoms with van der Waals surface area (Å²) in [6.45, 7) is 8.18. The number of piperazine rings is 1. The Morgan fingerprint density at radius 1 is 1.24 bits per heavy atom. The average Bonchev–Trinajstić information content (AvgIpc) is 3.14. The molecule has 1 N–H and O–H groups in total. The van der Waals surface area contributed by atoms with Gasteiger partial charge >= 0.3 is 0 Å². The van der Waals surface area contributed by atoms with Crippen molar-refractivity contribution in [3.63, 3.8) is 0 Å². The molecule has 2 aromatic rings. The van der Waals surface area contributed by atoms with Crippen LogP contribution in [0, 0.1) is 0 Å². The van der Waals surface area contributed by atoms with Crippen molar-refractivity contribution in [3.05, 3.63) is 52.9 Å². The van der Waals surface area contributed by atoms with Crippen LogP contribution >= 0.6 is 11.6 Å². The highest BCUT2D eigenvalue weighted by molar-refractivity contribution is 6.31. The number of benzene rings is 1. The SMILES string of the molecule is CCNC(=NCc1ccccc1Cl)N1CCN(Cc2ccon2)CC1. The largest absolute Gasteiger partial charge is 0.364 e. The molecule has 0 saturated carbocycles. The molecule has 0 spiro atoms. The molecule has 1 aromatic heterocycles. The standard InChI is InChI=1S/C18H24ClN5O/c1-2-20-18(21-13-15-5-3-4-6-17(15)19)24-10-8-23(9-11-24)14-16-7-12-25-22-16/h3-7,12H,2,8-11,13-14H2,1H3,(H,20,21). The number of rotatable bonds is 5. The molecule has 134 valence electrons. The molecule has 6 nitrogen and oxygen atoms in total. The van der Waals surface area contributed by atoms with E-state index in [0.29, 0.717) is 6.54 Å². The molecule has 3 rings (SSSR count). The van der Waals surface area contributed by atoms with Crippen LogP contribution in [0.3, 0.4) is 0 Å². The van der Waals surface area contributed by atoms with Gasteiger partial charge in [0, 0.05) is 50.4 Å². The van der Waals surface area contributed by atoms with Crippen molar-refractivity contribution in [2.24, 2.45) is 4.99 Å². The maximum absolute atomic E-state index is 6.23. The topological polar surface area (TPSA) is 56.9 Å². The fourth-order valence-electron chi connectivity index (χ4n) is 2.88. The van der Waals surface area contributed by atoms with Crippen LogP contribution in [0.15, 0.2) is 46.1 Å². The quantitative estimate of drug-likeness (QED) is 0.655. The third kappa shape index (κ3) is 4.96. The van der Waals surface area contributed by atoms with Crippen LogP contribution in [0.25, 0.3) is 0 Å². The predicted molar refractivity (Wildman–Crippen MR) is 99.6 cm³/mol. The molecule has 0 bridgehead atoms. The van der Waals surface area contributed by atoms with Crippen LogP contribution in [0.4, 0.5) is 0 Å². The van der Waals surface area contributed by atoms with Crippen LogP contribution < -0.4 is 5.32 Å². The molecule has 0 atom stereocenters. The van der Waals surface area contributed by atoms with Gasteiger partial charge in [0.25, 0.3) is 0 Å². The molecular formula is C18H24ClN5O. The molecule has 0 unspecified atom stereocenters. The monoisotopic (exact) mass is 361 g/mol. The van der Waals surface area contributed by atoms with Crippen molar-refractivity contribution in [3.8, 4) is 0 Å². The number of hydrogen-bond donors (Lipinski definition) is 1. The van der Waals surface area contributed by atoms with Gasteiger partial charge in [-0.1, -0.05) is 35.0 Å². The molecule has 0 aliphatic carbocycles. The van der Waals surface area contributed by atoms with Gasteiger partial charge in [-0.25, -0.2) is 4.99 Å². The number of aromatic nitrogens is 1. The van der Waals surface area contributed by atoms with Gasteiger partial charge in [-0.15, -0.1) is 0 Å². The second kappa shape index (κ2) is 8.87. The first-order valence-electron chi connectivity index (χ1n) is 8.64. The van der Waals surface area contributed by atoms with E-state index in [1.165, 1.54) is 0 Å². The summed E-state index contributed by atoms with van der Waals surface area (Å²) in [7, 11) is 0. The highest BCUT2D eigenvalue weighted by Crippen LogP contribution is 2.16. The van der Waals surface area contributed by atoms with E-state index < -0.39 is 0 Å². The molecular weight excluding hydrogens is 338 g/mol. The number of halogens is 1. The first-order chi connectivity index (χ1) is 12.3. The summed E-state index contributed by atoms with van der Waals surface area (Å²) >= 11 is 6.23.